The average molecular weight is 441 g/mol. The molecule has 32 heavy (non-hydrogen) atoms. The van der Waals surface area contributed by atoms with E-state index in [1.165, 1.54) is 15.8 Å². The quantitative estimate of drug-likeness (QED) is 0.345. The van der Waals surface area contributed by atoms with Gasteiger partial charge in [-0.3, -0.25) is 4.99 Å². The van der Waals surface area contributed by atoms with Gasteiger partial charge in [-0.15, -0.1) is 11.3 Å². The van der Waals surface area contributed by atoms with Gasteiger partial charge in [0.05, 0.1) is 27.5 Å². The van der Waals surface area contributed by atoms with Gasteiger partial charge in [0.2, 0.25) is 0 Å². The van der Waals surface area contributed by atoms with E-state index in [4.69, 9.17) is 4.99 Å². The highest BCUT2D eigenvalue weighted by molar-refractivity contribution is 7.16. The molecule has 0 aliphatic carbocycles. The molecule has 0 fully saturated rings. The Morgan fingerprint density at radius 2 is 1.91 bits per heavy atom. The number of aliphatic imine (C=N–C) groups is 1. The summed E-state index contributed by atoms with van der Waals surface area (Å²) in [5.74, 6) is 0. The van der Waals surface area contributed by atoms with Gasteiger partial charge in [0.15, 0.2) is 0 Å². The van der Waals surface area contributed by atoms with E-state index in [9.17, 15) is 0 Å². The number of fused-ring (bicyclic) bond motifs is 1. The van der Waals surface area contributed by atoms with Crippen LogP contribution in [0.15, 0.2) is 83.6 Å². The first-order chi connectivity index (χ1) is 15.6. The standard InChI is InChI=1S/C27H28N4S/c1-4-27(5-2)30-24(22-11-12-25-26(17-22)32-18-29-25)13-15-31(27)19(3)20-8-6-9-21(16-20)23-10-7-14-28-23/h6-19,28H,4-5H2,1-3H3. The van der Waals surface area contributed by atoms with Gasteiger partial charge in [0, 0.05) is 23.7 Å². The van der Waals surface area contributed by atoms with Crippen molar-refractivity contribution >= 4 is 27.3 Å². The zero-order valence-corrected chi connectivity index (χ0v) is 19.6. The maximum Gasteiger partial charge on any atom is 0.132 e. The Balaban J connectivity index is 1.50. The third-order valence-corrected chi connectivity index (χ3v) is 7.45. The maximum absolute atomic E-state index is 5.35. The van der Waals surface area contributed by atoms with Crippen molar-refractivity contribution in [2.45, 2.75) is 45.3 Å². The SMILES string of the molecule is CCC1(CC)N=C(c2ccc3ncsc3c2)C=CN1C(C)c1cccc(-c2ccc[nH]2)c1. The van der Waals surface area contributed by atoms with Crippen LogP contribution in [0.1, 0.15) is 50.8 Å². The minimum Gasteiger partial charge on any atom is -0.361 e. The van der Waals surface area contributed by atoms with Crippen molar-refractivity contribution in [3.63, 3.8) is 0 Å². The Labute approximate surface area is 193 Å². The third-order valence-electron chi connectivity index (χ3n) is 6.66. The predicted octanol–water partition coefficient (Wildman–Crippen LogP) is 7.19. The van der Waals surface area contributed by atoms with Gasteiger partial charge in [-0.1, -0.05) is 38.1 Å². The first-order valence-corrected chi connectivity index (χ1v) is 12.2. The molecule has 1 unspecified atom stereocenters. The second kappa shape index (κ2) is 8.40. The van der Waals surface area contributed by atoms with E-state index in [2.05, 4.69) is 96.4 Å². The molecule has 162 valence electrons. The topological polar surface area (TPSA) is 44.3 Å². The number of allylic oxidation sites excluding steroid dienone is 1. The zero-order chi connectivity index (χ0) is 22.1. The Hall–Kier alpha value is -3.18. The van der Waals surface area contributed by atoms with Gasteiger partial charge < -0.3 is 9.88 Å². The van der Waals surface area contributed by atoms with Crippen LogP contribution in [0.5, 0.6) is 0 Å². The minimum absolute atomic E-state index is 0.204. The van der Waals surface area contributed by atoms with Crippen molar-refractivity contribution in [3.05, 3.63) is 89.7 Å². The first-order valence-electron chi connectivity index (χ1n) is 11.3. The molecule has 4 aromatic rings. The number of benzene rings is 2. The summed E-state index contributed by atoms with van der Waals surface area (Å²) in [6.45, 7) is 6.76. The Morgan fingerprint density at radius 1 is 1.03 bits per heavy atom. The summed E-state index contributed by atoms with van der Waals surface area (Å²) in [5.41, 5.74) is 8.53. The van der Waals surface area contributed by atoms with Crippen LogP contribution in [0.25, 0.3) is 21.5 Å². The first kappa shape index (κ1) is 20.7. The number of nitrogens with one attached hydrogen (secondary N) is 1. The lowest BCUT2D eigenvalue weighted by Gasteiger charge is -2.45. The van der Waals surface area contributed by atoms with Gasteiger partial charge in [0.25, 0.3) is 0 Å². The number of H-pyrrole nitrogens is 1. The number of rotatable bonds is 6. The second-order valence-electron chi connectivity index (χ2n) is 8.33. The molecule has 1 aliphatic rings. The highest BCUT2D eigenvalue weighted by Gasteiger charge is 2.37. The third kappa shape index (κ3) is 3.56. The van der Waals surface area contributed by atoms with Crippen LogP contribution in [-0.4, -0.2) is 26.2 Å². The van der Waals surface area contributed by atoms with Crippen molar-refractivity contribution in [2.75, 3.05) is 0 Å². The van der Waals surface area contributed by atoms with Crippen molar-refractivity contribution in [3.8, 4) is 11.3 Å². The van der Waals surface area contributed by atoms with E-state index in [0.717, 1.165) is 35.3 Å². The molecule has 1 N–H and O–H groups in total. The lowest BCUT2D eigenvalue weighted by Crippen LogP contribution is -2.47. The van der Waals surface area contributed by atoms with Crippen molar-refractivity contribution in [1.82, 2.24) is 14.9 Å². The molecule has 5 rings (SSSR count). The van der Waals surface area contributed by atoms with Gasteiger partial charge in [-0.2, -0.15) is 0 Å². The predicted molar refractivity (Wildman–Crippen MR) is 135 cm³/mol. The van der Waals surface area contributed by atoms with Crippen LogP contribution >= 0.6 is 11.3 Å². The van der Waals surface area contributed by atoms with Crippen LogP contribution in [0, 0.1) is 0 Å². The molecule has 4 nitrogen and oxygen atoms in total. The fourth-order valence-corrected chi connectivity index (χ4v) is 5.40. The summed E-state index contributed by atoms with van der Waals surface area (Å²) < 4.78 is 1.20. The molecule has 3 heterocycles. The molecule has 0 radical (unpaired) electrons. The molecule has 5 heteroatoms. The van der Waals surface area contributed by atoms with E-state index in [0.29, 0.717) is 0 Å². The van der Waals surface area contributed by atoms with E-state index < -0.39 is 0 Å². The van der Waals surface area contributed by atoms with Gasteiger partial charge in [-0.05, 0) is 67.3 Å². The van der Waals surface area contributed by atoms with E-state index in [1.807, 2.05) is 17.8 Å². The Bertz CT molecular complexity index is 1280. The number of aromatic amines is 1. The van der Waals surface area contributed by atoms with Gasteiger partial charge >= 0.3 is 0 Å². The molecule has 0 bridgehead atoms. The highest BCUT2D eigenvalue weighted by atomic mass is 32.1. The lowest BCUT2D eigenvalue weighted by atomic mass is 9.93. The zero-order valence-electron chi connectivity index (χ0n) is 18.7. The van der Waals surface area contributed by atoms with Crippen LogP contribution in [0.3, 0.4) is 0 Å². The molecule has 0 amide bonds. The monoisotopic (exact) mass is 440 g/mol. The van der Waals surface area contributed by atoms with Crippen molar-refractivity contribution in [2.24, 2.45) is 4.99 Å². The molecule has 0 saturated carbocycles. The summed E-state index contributed by atoms with van der Waals surface area (Å²) in [4.78, 5) is 15.5. The van der Waals surface area contributed by atoms with Gasteiger partial charge in [-0.25, -0.2) is 4.98 Å². The molecule has 1 atom stereocenters. The largest absolute Gasteiger partial charge is 0.361 e. The summed E-state index contributed by atoms with van der Waals surface area (Å²) in [5, 5.41) is 0. The summed E-state index contributed by atoms with van der Waals surface area (Å²) in [7, 11) is 0. The lowest BCUT2D eigenvalue weighted by molar-refractivity contribution is 0.0987. The van der Waals surface area contributed by atoms with Crippen LogP contribution in [-0.2, 0) is 0 Å². The van der Waals surface area contributed by atoms with E-state index in [-0.39, 0.29) is 11.7 Å². The number of aromatic nitrogens is 2. The Morgan fingerprint density at radius 3 is 2.69 bits per heavy atom. The van der Waals surface area contributed by atoms with E-state index >= 15 is 0 Å². The number of hydrogen-bond acceptors (Lipinski definition) is 4. The molecular formula is C27H28N4S. The maximum atomic E-state index is 5.35. The molecular weight excluding hydrogens is 412 g/mol. The van der Waals surface area contributed by atoms with Gasteiger partial charge in [0.1, 0.15) is 5.66 Å². The highest BCUT2D eigenvalue weighted by Crippen LogP contribution is 2.38. The minimum atomic E-state index is -0.269. The summed E-state index contributed by atoms with van der Waals surface area (Å²) >= 11 is 1.68. The fraction of sp³-hybridized carbons (Fsp3) is 0.259. The van der Waals surface area contributed by atoms with Crippen LogP contribution in [0.4, 0.5) is 0 Å². The second-order valence-corrected chi connectivity index (χ2v) is 9.22. The van der Waals surface area contributed by atoms with Crippen LogP contribution in [0.2, 0.25) is 0 Å². The molecule has 2 aromatic carbocycles. The van der Waals surface area contributed by atoms with Crippen molar-refractivity contribution < 1.29 is 0 Å². The number of hydrogen-bond donors (Lipinski definition) is 1. The van der Waals surface area contributed by atoms with Crippen LogP contribution < -0.4 is 0 Å². The van der Waals surface area contributed by atoms with Crippen molar-refractivity contribution in [1.29, 1.82) is 0 Å². The smallest absolute Gasteiger partial charge is 0.132 e. The summed E-state index contributed by atoms with van der Waals surface area (Å²) in [6.07, 6.45) is 8.27. The Kier molecular flexibility index (Phi) is 5.43. The molecule has 0 saturated heterocycles. The number of thiazole rings is 1. The summed E-state index contributed by atoms with van der Waals surface area (Å²) in [6, 6.07) is 19.6. The number of nitrogens with zero attached hydrogens (tertiary/aromatic N) is 3. The fourth-order valence-electron chi connectivity index (χ4n) is 4.68. The normalized spacial score (nSPS) is 16.3. The average Bonchev–Trinajstić information content (AvgIpc) is 3.55. The molecule has 2 aromatic heterocycles. The molecule has 1 aliphatic heterocycles. The van der Waals surface area contributed by atoms with E-state index in [1.54, 1.807) is 11.3 Å². The molecule has 0 spiro atoms.